The van der Waals surface area contributed by atoms with E-state index in [1.165, 1.54) is 0 Å². The van der Waals surface area contributed by atoms with Gasteiger partial charge in [0.2, 0.25) is 0 Å². The van der Waals surface area contributed by atoms with Crippen LogP contribution in [0.2, 0.25) is 0 Å². The van der Waals surface area contributed by atoms with Gasteiger partial charge >= 0.3 is 0 Å². The topological polar surface area (TPSA) is 0 Å². The molecule has 0 aliphatic heterocycles. The summed E-state index contributed by atoms with van der Waals surface area (Å²) in [6.07, 6.45) is 0. The van der Waals surface area contributed by atoms with Crippen molar-refractivity contribution in [3.05, 3.63) is 0 Å². The average Bonchev–Trinajstić information content (AvgIpc) is 1.62. The van der Waals surface area contributed by atoms with E-state index in [1.807, 2.05) is 6.92 Å². The van der Waals surface area contributed by atoms with Crippen LogP contribution in [0.25, 0.3) is 0 Å². The van der Waals surface area contributed by atoms with E-state index in [-0.39, 0.29) is 10.2 Å². The first-order valence-corrected chi connectivity index (χ1v) is 7.16. The molecule has 0 aliphatic rings. The Bertz CT molecular complexity index is 111. The first-order chi connectivity index (χ1) is 4.19. The normalized spacial score (nSPS) is 17.1. The van der Waals surface area contributed by atoms with Crippen molar-refractivity contribution in [2.24, 2.45) is 0 Å². The number of hydrogen-bond donors (Lipinski definition) is 0. The van der Waals surface area contributed by atoms with Crippen LogP contribution in [-0.4, -0.2) is 10.2 Å². The van der Waals surface area contributed by atoms with E-state index in [1.54, 1.807) is 0 Å². The van der Waals surface area contributed by atoms with E-state index >= 15 is 0 Å². The van der Waals surface area contributed by atoms with Crippen LogP contribution in [-0.2, 0) is 0 Å². The van der Waals surface area contributed by atoms with Crippen molar-refractivity contribution in [2.75, 3.05) is 0 Å². The molecule has 0 amide bonds. The van der Waals surface area contributed by atoms with Gasteiger partial charge in [0.1, 0.15) is 3.23 Å². The van der Waals surface area contributed by atoms with Crippen molar-refractivity contribution in [3.8, 4) is 0 Å². The van der Waals surface area contributed by atoms with Crippen LogP contribution in [0.3, 0.4) is 0 Å². The van der Waals surface area contributed by atoms with Crippen LogP contribution in [0.15, 0.2) is 0 Å². The van der Waals surface area contributed by atoms with Crippen LogP contribution >= 0.6 is 95.6 Å². The second kappa shape index (κ2) is 4.40. The summed E-state index contributed by atoms with van der Waals surface area (Å²) in [6.45, 7) is 2.03. The highest BCUT2D eigenvalue weighted by Crippen LogP contribution is 2.55. The third-order valence-corrected chi connectivity index (χ3v) is 10.4. The number of alkyl halides is 6. The van der Waals surface area contributed by atoms with Crippen molar-refractivity contribution in [2.45, 2.75) is 17.1 Å². The minimum absolute atomic E-state index is 0.262. The van der Waals surface area contributed by atoms with E-state index < -0.39 is 0 Å². The maximum Gasteiger partial charge on any atom is 0.160 e. The molecule has 0 aromatic rings. The number of rotatable bonds is 1. The zero-order valence-electron chi connectivity index (χ0n) is 4.85. The Labute approximate surface area is 111 Å². The van der Waals surface area contributed by atoms with Gasteiger partial charge in [0, 0.05) is 4.83 Å². The highest BCUT2D eigenvalue weighted by molar-refractivity contribution is 9.41. The SMILES string of the molecule is CC(Br)C(Br)(Br)C(Br)(Br)Br. The largest absolute Gasteiger partial charge is 0.160 e. The quantitative estimate of drug-likeness (QED) is 0.414. The van der Waals surface area contributed by atoms with E-state index in [2.05, 4.69) is 95.6 Å². The summed E-state index contributed by atoms with van der Waals surface area (Å²) in [5.41, 5.74) is 0. The third-order valence-electron chi connectivity index (χ3n) is 0.878. The molecule has 0 heterocycles. The van der Waals surface area contributed by atoms with E-state index in [9.17, 15) is 0 Å². The fourth-order valence-electron chi connectivity index (χ4n) is 0.226. The second-order valence-electron chi connectivity index (χ2n) is 1.74. The van der Waals surface area contributed by atoms with Crippen molar-refractivity contribution in [1.29, 1.82) is 0 Å². The molecule has 0 saturated carbocycles. The minimum atomic E-state index is -0.358. The summed E-state index contributed by atoms with van der Waals surface area (Å²) >= 11 is 20.7. The average molecular weight is 532 g/mol. The lowest BCUT2D eigenvalue weighted by atomic mass is 10.4. The van der Waals surface area contributed by atoms with Crippen LogP contribution < -0.4 is 0 Å². The fourth-order valence-corrected chi connectivity index (χ4v) is 2.52. The third kappa shape index (κ3) is 3.32. The molecule has 62 valence electrons. The molecular formula is C4H4Br6. The molecule has 0 bridgehead atoms. The van der Waals surface area contributed by atoms with Crippen LogP contribution in [0, 0.1) is 0 Å². The molecule has 10 heavy (non-hydrogen) atoms. The monoisotopic (exact) mass is 526 g/mol. The summed E-state index contributed by atoms with van der Waals surface area (Å²) in [5, 5.41) is 0. The lowest BCUT2D eigenvalue weighted by Gasteiger charge is -2.31. The van der Waals surface area contributed by atoms with E-state index in [4.69, 9.17) is 0 Å². The molecule has 0 aromatic carbocycles. The van der Waals surface area contributed by atoms with Gasteiger partial charge in [0.15, 0.2) is 2.14 Å². The molecule has 0 saturated heterocycles. The zero-order valence-corrected chi connectivity index (χ0v) is 14.4. The summed E-state index contributed by atoms with van der Waals surface area (Å²) < 4.78 is -0.629. The van der Waals surface area contributed by atoms with Gasteiger partial charge in [-0.2, -0.15) is 0 Å². The van der Waals surface area contributed by atoms with Crippen LogP contribution in [0.5, 0.6) is 0 Å². The molecule has 0 rings (SSSR count). The molecule has 0 aliphatic carbocycles. The van der Waals surface area contributed by atoms with Crippen LogP contribution in [0.4, 0.5) is 0 Å². The van der Waals surface area contributed by atoms with E-state index in [0.29, 0.717) is 0 Å². The van der Waals surface area contributed by atoms with Gasteiger partial charge in [-0.05, 0) is 0 Å². The molecule has 1 unspecified atom stereocenters. The summed E-state index contributed by atoms with van der Waals surface area (Å²) in [7, 11) is 0. The summed E-state index contributed by atoms with van der Waals surface area (Å²) in [4.78, 5) is 0.262. The summed E-state index contributed by atoms with van der Waals surface area (Å²) in [5.74, 6) is 0. The first kappa shape index (κ1) is 12.9. The molecule has 0 N–H and O–H groups in total. The number of hydrogen-bond acceptors (Lipinski definition) is 0. The summed E-state index contributed by atoms with van der Waals surface area (Å²) in [6, 6.07) is 0. The molecule has 0 aromatic heterocycles. The maximum absolute atomic E-state index is 3.50. The standard InChI is InChI=1S/C4H4Br6/c1-2(5)3(6,7)4(8,9)10/h2H,1H3. The minimum Gasteiger partial charge on any atom is -0.0868 e. The molecule has 6 heteroatoms. The molecule has 1 atom stereocenters. The van der Waals surface area contributed by atoms with Gasteiger partial charge in [0.05, 0.1) is 0 Å². The number of halogens is 6. The van der Waals surface area contributed by atoms with Crippen molar-refractivity contribution in [3.63, 3.8) is 0 Å². The van der Waals surface area contributed by atoms with Crippen LogP contribution in [0.1, 0.15) is 6.92 Å². The van der Waals surface area contributed by atoms with Gasteiger partial charge in [-0.25, -0.2) is 0 Å². The Kier molecular flexibility index (Phi) is 5.67. The Balaban J connectivity index is 4.40. The predicted molar refractivity (Wildman–Crippen MR) is 68.5 cm³/mol. The molecular weight excluding hydrogens is 527 g/mol. The highest BCUT2D eigenvalue weighted by Gasteiger charge is 2.46. The molecule has 0 nitrogen and oxygen atoms in total. The molecule has 0 radical (unpaired) electrons. The van der Waals surface area contributed by atoms with Gasteiger partial charge in [-0.15, -0.1) is 0 Å². The van der Waals surface area contributed by atoms with E-state index in [0.717, 1.165) is 0 Å². The Morgan fingerprint density at radius 2 is 1.30 bits per heavy atom. The van der Waals surface area contributed by atoms with Gasteiger partial charge < -0.3 is 0 Å². The molecule has 0 fully saturated rings. The second-order valence-corrected chi connectivity index (χ2v) is 13.4. The van der Waals surface area contributed by atoms with Gasteiger partial charge in [-0.1, -0.05) is 103 Å². The zero-order chi connectivity index (χ0) is 8.58. The first-order valence-electron chi connectivity index (χ1n) is 2.28. The van der Waals surface area contributed by atoms with Crippen molar-refractivity contribution in [1.82, 2.24) is 0 Å². The lowest BCUT2D eigenvalue weighted by molar-refractivity contribution is 0.891. The smallest absolute Gasteiger partial charge is 0.0868 e. The van der Waals surface area contributed by atoms with Gasteiger partial charge in [0.25, 0.3) is 0 Å². The van der Waals surface area contributed by atoms with Crippen molar-refractivity contribution >= 4 is 95.6 Å². The molecule has 0 spiro atoms. The Morgan fingerprint density at radius 3 is 1.30 bits per heavy atom. The lowest BCUT2D eigenvalue weighted by Crippen LogP contribution is -2.35. The Hall–Kier alpha value is 2.88. The predicted octanol–water partition coefficient (Wildman–Crippen LogP) is 5.09. The highest BCUT2D eigenvalue weighted by atomic mass is 80.0. The fraction of sp³-hybridized carbons (Fsp3) is 1.00. The maximum atomic E-state index is 3.50. The van der Waals surface area contributed by atoms with Gasteiger partial charge in [-0.3, -0.25) is 0 Å². The van der Waals surface area contributed by atoms with Crippen molar-refractivity contribution < 1.29 is 0 Å². The Morgan fingerprint density at radius 1 is 1.00 bits per heavy atom.